The van der Waals surface area contributed by atoms with Gasteiger partial charge in [0.25, 0.3) is 11.8 Å². The molecule has 1 aliphatic rings. The van der Waals surface area contributed by atoms with Gasteiger partial charge >= 0.3 is 0 Å². The van der Waals surface area contributed by atoms with Crippen molar-refractivity contribution in [1.29, 1.82) is 0 Å². The van der Waals surface area contributed by atoms with E-state index in [0.717, 1.165) is 0 Å². The minimum Gasteiger partial charge on any atom is -0.374 e. The summed E-state index contributed by atoms with van der Waals surface area (Å²) in [7, 11) is 0. The molecule has 0 spiro atoms. The first-order valence-corrected chi connectivity index (χ1v) is 5.21. The first-order chi connectivity index (χ1) is 8.13. The molecular weight excluding hydrogens is 222 g/mol. The Morgan fingerprint density at radius 2 is 2.00 bits per heavy atom. The largest absolute Gasteiger partial charge is 0.374 e. The minimum atomic E-state index is -0.775. The standard InChI is InChI=1S/C11H11N3O3/c1-2-8(15)12-7-5-3-4-6-9(7)11(17)14-13-10(6)16/h3-5,8,12,15H,2H2,1H3. The van der Waals surface area contributed by atoms with E-state index in [4.69, 9.17) is 0 Å². The molecule has 6 nitrogen and oxygen atoms in total. The number of nitrogens with one attached hydrogen (secondary N) is 1. The van der Waals surface area contributed by atoms with Gasteiger partial charge in [-0.15, -0.1) is 10.2 Å². The summed E-state index contributed by atoms with van der Waals surface area (Å²) in [4.78, 5) is 23.0. The smallest absolute Gasteiger partial charge is 0.298 e. The van der Waals surface area contributed by atoms with Crippen molar-refractivity contribution in [2.45, 2.75) is 19.6 Å². The summed E-state index contributed by atoms with van der Waals surface area (Å²) in [5, 5.41) is 18.8. The number of carbonyl (C=O) groups excluding carboxylic acids is 2. The summed E-state index contributed by atoms with van der Waals surface area (Å²) in [6.07, 6.45) is -0.295. The maximum absolute atomic E-state index is 11.6. The van der Waals surface area contributed by atoms with Crippen molar-refractivity contribution >= 4 is 17.5 Å². The summed E-state index contributed by atoms with van der Waals surface area (Å²) >= 11 is 0. The topological polar surface area (TPSA) is 91.1 Å². The van der Waals surface area contributed by atoms with Crippen LogP contribution in [0.25, 0.3) is 0 Å². The summed E-state index contributed by atoms with van der Waals surface area (Å²) in [5.41, 5.74) is 0.771. The Morgan fingerprint density at radius 1 is 1.29 bits per heavy atom. The van der Waals surface area contributed by atoms with Crippen LogP contribution in [0.5, 0.6) is 0 Å². The van der Waals surface area contributed by atoms with E-state index in [2.05, 4.69) is 15.5 Å². The number of fused-ring (bicyclic) bond motifs is 1. The van der Waals surface area contributed by atoms with Crippen molar-refractivity contribution in [3.8, 4) is 0 Å². The number of carbonyl (C=O) groups is 2. The third kappa shape index (κ3) is 2.07. The summed E-state index contributed by atoms with van der Waals surface area (Å²) in [5.74, 6) is -1.12. The van der Waals surface area contributed by atoms with E-state index < -0.39 is 18.0 Å². The van der Waals surface area contributed by atoms with Crippen molar-refractivity contribution in [1.82, 2.24) is 0 Å². The lowest BCUT2D eigenvalue weighted by molar-refractivity contribution is 0.0921. The number of aliphatic hydroxyl groups excluding tert-OH is 1. The van der Waals surface area contributed by atoms with E-state index >= 15 is 0 Å². The Morgan fingerprint density at radius 3 is 2.71 bits per heavy atom. The van der Waals surface area contributed by atoms with Gasteiger partial charge in [-0.2, -0.15) is 0 Å². The second-order valence-electron chi connectivity index (χ2n) is 3.61. The average molecular weight is 233 g/mol. The van der Waals surface area contributed by atoms with Gasteiger partial charge in [0.15, 0.2) is 0 Å². The Bertz CT molecular complexity index is 511. The molecule has 0 aromatic heterocycles. The molecule has 0 aliphatic carbocycles. The molecule has 1 aromatic carbocycles. The van der Waals surface area contributed by atoms with Crippen LogP contribution < -0.4 is 5.32 Å². The summed E-state index contributed by atoms with van der Waals surface area (Å²) < 4.78 is 0. The molecule has 0 saturated carbocycles. The molecule has 0 fully saturated rings. The Hall–Kier alpha value is -2.08. The van der Waals surface area contributed by atoms with Crippen LogP contribution in [-0.2, 0) is 0 Å². The molecule has 0 saturated heterocycles. The number of hydrogen-bond acceptors (Lipinski definition) is 4. The second kappa shape index (κ2) is 4.42. The highest BCUT2D eigenvalue weighted by Gasteiger charge is 2.25. The van der Waals surface area contributed by atoms with E-state index in [0.29, 0.717) is 12.1 Å². The number of nitrogens with zero attached hydrogens (tertiary/aromatic N) is 2. The van der Waals surface area contributed by atoms with Crippen molar-refractivity contribution in [3.05, 3.63) is 29.3 Å². The third-order valence-corrected chi connectivity index (χ3v) is 2.45. The van der Waals surface area contributed by atoms with Crippen molar-refractivity contribution in [3.63, 3.8) is 0 Å². The number of anilines is 1. The number of aliphatic hydroxyl groups is 1. The maximum atomic E-state index is 11.6. The normalized spacial score (nSPS) is 15.6. The lowest BCUT2D eigenvalue weighted by atomic mass is 10.0. The van der Waals surface area contributed by atoms with Gasteiger partial charge in [-0.1, -0.05) is 13.0 Å². The highest BCUT2D eigenvalue weighted by Crippen LogP contribution is 2.25. The molecule has 1 aromatic rings. The fraction of sp³-hybridized carbons (Fsp3) is 0.273. The molecular formula is C11H11N3O3. The Balaban J connectivity index is 2.47. The van der Waals surface area contributed by atoms with Gasteiger partial charge in [0.1, 0.15) is 6.23 Å². The first-order valence-electron chi connectivity index (χ1n) is 5.21. The van der Waals surface area contributed by atoms with Crippen LogP contribution in [0.1, 0.15) is 34.1 Å². The SMILES string of the molecule is CCC(O)Nc1cccc2c1C(=O)N=NC2=O. The van der Waals surface area contributed by atoms with Crippen molar-refractivity contribution in [2.75, 3.05) is 5.32 Å². The van der Waals surface area contributed by atoms with Crippen LogP contribution in [0.3, 0.4) is 0 Å². The fourth-order valence-corrected chi connectivity index (χ4v) is 1.56. The lowest BCUT2D eigenvalue weighted by Gasteiger charge is -2.16. The average Bonchev–Trinajstić information content (AvgIpc) is 2.34. The third-order valence-electron chi connectivity index (χ3n) is 2.45. The highest BCUT2D eigenvalue weighted by atomic mass is 16.3. The maximum Gasteiger partial charge on any atom is 0.298 e. The van der Waals surface area contributed by atoms with Gasteiger partial charge in [0.2, 0.25) is 0 Å². The molecule has 0 bridgehead atoms. The quantitative estimate of drug-likeness (QED) is 0.775. The lowest BCUT2D eigenvalue weighted by Crippen LogP contribution is -2.21. The van der Waals surface area contributed by atoms with Gasteiger partial charge in [0, 0.05) is 5.69 Å². The van der Waals surface area contributed by atoms with Crippen LogP contribution in [0.4, 0.5) is 5.69 Å². The van der Waals surface area contributed by atoms with Crippen LogP contribution in [0.15, 0.2) is 28.4 Å². The molecule has 2 amide bonds. The van der Waals surface area contributed by atoms with Gasteiger partial charge in [-0.25, -0.2) is 0 Å². The predicted octanol–water partition coefficient (Wildman–Crippen LogP) is 1.57. The van der Waals surface area contributed by atoms with Gasteiger partial charge < -0.3 is 10.4 Å². The Kier molecular flexibility index (Phi) is 2.97. The van der Waals surface area contributed by atoms with Crippen LogP contribution >= 0.6 is 0 Å². The van der Waals surface area contributed by atoms with Crippen LogP contribution in [0.2, 0.25) is 0 Å². The van der Waals surface area contributed by atoms with Crippen LogP contribution in [-0.4, -0.2) is 23.1 Å². The van der Waals surface area contributed by atoms with Gasteiger partial charge in [-0.3, -0.25) is 9.59 Å². The molecule has 88 valence electrons. The molecule has 1 aliphatic heterocycles. The molecule has 1 atom stereocenters. The van der Waals surface area contributed by atoms with Crippen molar-refractivity contribution < 1.29 is 14.7 Å². The highest BCUT2D eigenvalue weighted by molar-refractivity contribution is 6.14. The monoisotopic (exact) mass is 233 g/mol. The minimum absolute atomic E-state index is 0.167. The van der Waals surface area contributed by atoms with Crippen LogP contribution in [0, 0.1) is 0 Å². The zero-order valence-corrected chi connectivity index (χ0v) is 9.17. The van der Waals surface area contributed by atoms with E-state index in [1.54, 1.807) is 19.1 Å². The van der Waals surface area contributed by atoms with E-state index in [1.807, 2.05) is 0 Å². The molecule has 2 N–H and O–H groups in total. The summed E-state index contributed by atoms with van der Waals surface area (Å²) in [6, 6.07) is 4.75. The summed E-state index contributed by atoms with van der Waals surface area (Å²) in [6.45, 7) is 1.79. The molecule has 1 unspecified atom stereocenters. The molecule has 2 rings (SSSR count). The van der Waals surface area contributed by atoms with Gasteiger partial charge in [0.05, 0.1) is 11.1 Å². The molecule has 1 heterocycles. The predicted molar refractivity (Wildman–Crippen MR) is 59.9 cm³/mol. The van der Waals surface area contributed by atoms with E-state index in [-0.39, 0.29) is 11.1 Å². The number of azo groups is 1. The Labute approximate surface area is 97.4 Å². The zero-order chi connectivity index (χ0) is 12.4. The van der Waals surface area contributed by atoms with E-state index in [1.165, 1.54) is 6.07 Å². The fourth-order valence-electron chi connectivity index (χ4n) is 1.56. The number of rotatable bonds is 3. The molecule has 0 radical (unpaired) electrons. The van der Waals surface area contributed by atoms with Gasteiger partial charge in [-0.05, 0) is 18.6 Å². The van der Waals surface area contributed by atoms with Crippen molar-refractivity contribution in [2.24, 2.45) is 10.2 Å². The zero-order valence-electron chi connectivity index (χ0n) is 9.17. The molecule has 17 heavy (non-hydrogen) atoms. The second-order valence-corrected chi connectivity index (χ2v) is 3.61. The number of benzene rings is 1. The number of amides is 2. The first kappa shape index (κ1) is 11.4. The molecule has 6 heteroatoms. The number of hydrogen-bond donors (Lipinski definition) is 2. The van der Waals surface area contributed by atoms with E-state index in [9.17, 15) is 14.7 Å².